The van der Waals surface area contributed by atoms with Gasteiger partial charge in [-0.1, -0.05) is 41.4 Å². The number of aromatic carboxylic acids is 1. The Balaban J connectivity index is 1.71. The Bertz CT molecular complexity index is 1390. The maximum Gasteiger partial charge on any atom is 0.340 e. The number of ether oxygens (including phenoxy) is 4. The second-order valence-electron chi connectivity index (χ2n) is 8.19. The molecule has 0 radical (unpaired) electrons. The van der Waals surface area contributed by atoms with E-state index in [0.29, 0.717) is 39.3 Å². The van der Waals surface area contributed by atoms with Gasteiger partial charge in [-0.05, 0) is 30.3 Å². The van der Waals surface area contributed by atoms with Crippen LogP contribution in [0.4, 0.5) is 0 Å². The first-order chi connectivity index (χ1) is 17.4. The SMILES string of the molecule is COc1cccc2c1O[C@@H](c1ccc(OC)c(OC)c1C(=O)O)N1N=C(c3ccc(Cl)cc3Cl)C[C@@H]21. The molecule has 36 heavy (non-hydrogen) atoms. The lowest BCUT2D eigenvalue weighted by Crippen LogP contribution is -2.35. The van der Waals surface area contributed by atoms with Crippen molar-refractivity contribution in [3.63, 3.8) is 0 Å². The van der Waals surface area contributed by atoms with E-state index in [2.05, 4.69) is 0 Å². The van der Waals surface area contributed by atoms with Gasteiger partial charge in [-0.3, -0.25) is 0 Å². The van der Waals surface area contributed by atoms with E-state index in [1.165, 1.54) is 14.2 Å². The van der Waals surface area contributed by atoms with Crippen molar-refractivity contribution in [2.45, 2.75) is 18.7 Å². The first-order valence-electron chi connectivity index (χ1n) is 11.0. The maximum absolute atomic E-state index is 12.4. The van der Waals surface area contributed by atoms with Crippen LogP contribution in [-0.4, -0.2) is 43.1 Å². The molecule has 0 bridgehead atoms. The molecule has 0 unspecified atom stereocenters. The van der Waals surface area contributed by atoms with Gasteiger partial charge in [0.05, 0.1) is 38.1 Å². The second-order valence-corrected chi connectivity index (χ2v) is 9.03. The zero-order valence-corrected chi connectivity index (χ0v) is 21.1. The van der Waals surface area contributed by atoms with Crippen LogP contribution in [-0.2, 0) is 0 Å². The lowest BCUT2D eigenvalue weighted by molar-refractivity contribution is -0.0217. The molecule has 0 saturated heterocycles. The Kier molecular flexibility index (Phi) is 6.32. The van der Waals surface area contributed by atoms with Crippen molar-refractivity contribution in [3.8, 4) is 23.0 Å². The summed E-state index contributed by atoms with van der Waals surface area (Å²) in [4.78, 5) is 12.4. The van der Waals surface area contributed by atoms with Gasteiger partial charge in [0.2, 0.25) is 6.23 Å². The number of hydrogen-bond donors (Lipinski definition) is 1. The molecule has 2 aliphatic heterocycles. The van der Waals surface area contributed by atoms with E-state index in [-0.39, 0.29) is 17.4 Å². The maximum atomic E-state index is 12.4. The summed E-state index contributed by atoms with van der Waals surface area (Å²) in [7, 11) is 4.40. The summed E-state index contributed by atoms with van der Waals surface area (Å²) in [5, 5.41) is 17.8. The number of benzene rings is 3. The number of halogens is 2. The third kappa shape index (κ3) is 3.86. The summed E-state index contributed by atoms with van der Waals surface area (Å²) in [6, 6.07) is 13.9. The van der Waals surface area contributed by atoms with Gasteiger partial charge in [-0.2, -0.15) is 5.10 Å². The number of carbonyl (C=O) groups is 1. The summed E-state index contributed by atoms with van der Waals surface area (Å²) in [5.74, 6) is 0.263. The minimum atomic E-state index is -1.18. The number of para-hydroxylation sites is 1. The molecule has 0 aliphatic carbocycles. The van der Waals surface area contributed by atoms with Crippen LogP contribution in [0, 0.1) is 0 Å². The molecule has 0 spiro atoms. The molecule has 0 aromatic heterocycles. The molecule has 186 valence electrons. The Hall–Kier alpha value is -3.62. The third-order valence-corrected chi connectivity index (χ3v) is 6.85. The van der Waals surface area contributed by atoms with Gasteiger partial charge in [0.1, 0.15) is 5.56 Å². The summed E-state index contributed by atoms with van der Waals surface area (Å²) >= 11 is 12.6. The third-order valence-electron chi connectivity index (χ3n) is 6.30. The van der Waals surface area contributed by atoms with Crippen molar-refractivity contribution >= 4 is 34.9 Å². The average molecular weight is 529 g/mol. The van der Waals surface area contributed by atoms with E-state index < -0.39 is 12.2 Å². The topological polar surface area (TPSA) is 89.8 Å². The first-order valence-corrected chi connectivity index (χ1v) is 11.8. The van der Waals surface area contributed by atoms with E-state index in [4.69, 9.17) is 47.3 Å². The molecule has 0 amide bonds. The monoisotopic (exact) mass is 528 g/mol. The zero-order valence-electron chi connectivity index (χ0n) is 19.6. The number of hydrazone groups is 1. The number of hydrogen-bond acceptors (Lipinski definition) is 7. The molecular formula is C26H22Cl2N2O6. The van der Waals surface area contributed by atoms with Gasteiger partial charge in [0.25, 0.3) is 0 Å². The molecule has 3 aromatic rings. The predicted molar refractivity (Wildman–Crippen MR) is 135 cm³/mol. The van der Waals surface area contributed by atoms with Crippen LogP contribution >= 0.6 is 23.2 Å². The van der Waals surface area contributed by atoms with Crippen LogP contribution in [0.15, 0.2) is 53.6 Å². The zero-order chi connectivity index (χ0) is 25.6. The largest absolute Gasteiger partial charge is 0.493 e. The van der Waals surface area contributed by atoms with Gasteiger partial charge < -0.3 is 24.1 Å². The lowest BCUT2D eigenvalue weighted by Gasteiger charge is -2.39. The molecule has 2 atom stereocenters. The first kappa shape index (κ1) is 24.1. The van der Waals surface area contributed by atoms with Crippen LogP contribution in [0.25, 0.3) is 0 Å². The molecule has 1 N–H and O–H groups in total. The van der Waals surface area contributed by atoms with Gasteiger partial charge >= 0.3 is 5.97 Å². The van der Waals surface area contributed by atoms with Crippen LogP contribution in [0.2, 0.25) is 10.0 Å². The quantitative estimate of drug-likeness (QED) is 0.422. The van der Waals surface area contributed by atoms with Crippen LogP contribution in [0.1, 0.15) is 45.7 Å². The van der Waals surface area contributed by atoms with Gasteiger partial charge in [0, 0.05) is 28.1 Å². The van der Waals surface area contributed by atoms with Crippen LogP contribution < -0.4 is 18.9 Å². The second kappa shape index (κ2) is 9.44. The summed E-state index contributed by atoms with van der Waals surface area (Å²) in [5.41, 5.74) is 2.61. The number of carboxylic acid groups (broad SMARTS) is 1. The van der Waals surface area contributed by atoms with E-state index >= 15 is 0 Å². The Morgan fingerprint density at radius 1 is 1.03 bits per heavy atom. The Labute approximate surface area is 217 Å². The van der Waals surface area contributed by atoms with Crippen molar-refractivity contribution in [1.29, 1.82) is 0 Å². The molecule has 2 heterocycles. The van der Waals surface area contributed by atoms with Gasteiger partial charge in [-0.15, -0.1) is 0 Å². The van der Waals surface area contributed by atoms with Gasteiger partial charge in [-0.25, -0.2) is 9.80 Å². The highest BCUT2D eigenvalue weighted by Crippen LogP contribution is 2.52. The lowest BCUT2D eigenvalue weighted by atomic mass is 9.94. The highest BCUT2D eigenvalue weighted by Gasteiger charge is 2.44. The predicted octanol–water partition coefficient (Wildman–Crippen LogP) is 5.96. The van der Waals surface area contributed by atoms with Crippen LogP contribution in [0.3, 0.4) is 0 Å². The highest BCUT2D eigenvalue weighted by atomic mass is 35.5. The number of fused-ring (bicyclic) bond motifs is 3. The molecule has 0 fully saturated rings. The smallest absolute Gasteiger partial charge is 0.340 e. The fourth-order valence-corrected chi connectivity index (χ4v) is 5.22. The standard InChI is InChI=1S/C26H22Cl2N2O6/c1-33-20-6-4-5-15-19-12-18(14-8-7-13(27)11-17(14)28)29-30(19)25(36-23(15)20)16-9-10-21(34-2)24(35-3)22(16)26(31)32/h4-11,19,25H,12H2,1-3H3,(H,31,32)/t19-,25-/m0/s1. The van der Waals surface area contributed by atoms with Crippen molar-refractivity contribution in [2.75, 3.05) is 21.3 Å². The molecule has 0 saturated carbocycles. The number of methoxy groups -OCH3 is 3. The average Bonchev–Trinajstić information content (AvgIpc) is 3.32. The Morgan fingerprint density at radius 2 is 1.81 bits per heavy atom. The normalized spacial score (nSPS) is 18.0. The van der Waals surface area contributed by atoms with E-state index in [9.17, 15) is 9.90 Å². The summed E-state index contributed by atoms with van der Waals surface area (Å²) in [6.45, 7) is 0. The molecule has 8 nitrogen and oxygen atoms in total. The van der Waals surface area contributed by atoms with Crippen molar-refractivity contribution in [3.05, 3.63) is 80.8 Å². The number of carboxylic acids is 1. The van der Waals surface area contributed by atoms with Gasteiger partial charge in [0.15, 0.2) is 23.0 Å². The molecule has 3 aromatic carbocycles. The summed E-state index contributed by atoms with van der Waals surface area (Å²) < 4.78 is 22.8. The highest BCUT2D eigenvalue weighted by molar-refractivity contribution is 6.37. The molecule has 2 aliphatic rings. The van der Waals surface area contributed by atoms with Crippen molar-refractivity contribution in [2.24, 2.45) is 5.10 Å². The fourth-order valence-electron chi connectivity index (χ4n) is 4.70. The minimum Gasteiger partial charge on any atom is -0.493 e. The molecule has 10 heteroatoms. The molecule has 5 rings (SSSR count). The molecular weight excluding hydrogens is 507 g/mol. The minimum absolute atomic E-state index is 0.0767. The fraction of sp³-hybridized carbons (Fsp3) is 0.231. The van der Waals surface area contributed by atoms with E-state index in [1.54, 1.807) is 42.5 Å². The van der Waals surface area contributed by atoms with Crippen LogP contribution in [0.5, 0.6) is 23.0 Å². The number of rotatable bonds is 6. The van der Waals surface area contributed by atoms with Crippen molar-refractivity contribution < 1.29 is 28.8 Å². The number of nitrogens with zero attached hydrogens (tertiary/aromatic N) is 2. The summed E-state index contributed by atoms with van der Waals surface area (Å²) in [6.07, 6.45) is -0.384. The van der Waals surface area contributed by atoms with E-state index in [0.717, 1.165) is 16.8 Å². The van der Waals surface area contributed by atoms with Crippen molar-refractivity contribution in [1.82, 2.24) is 5.01 Å². The Morgan fingerprint density at radius 3 is 2.47 bits per heavy atom. The van der Waals surface area contributed by atoms with E-state index in [1.807, 2.05) is 18.2 Å².